The molecule has 3 N–H and O–H groups in total. The van der Waals surface area contributed by atoms with E-state index >= 15 is 0 Å². The molecule has 1 aliphatic carbocycles. The first-order valence-electron chi connectivity index (χ1n) is 9.96. The molecule has 3 rings (SSSR count). The van der Waals surface area contributed by atoms with Gasteiger partial charge in [0.05, 0.1) is 11.7 Å². The number of aliphatic hydroxyl groups excluding tert-OH is 1. The quantitative estimate of drug-likeness (QED) is 0.738. The molecule has 0 aromatic carbocycles. The van der Waals surface area contributed by atoms with Crippen LogP contribution in [0.3, 0.4) is 0 Å². The fourth-order valence-corrected chi connectivity index (χ4v) is 3.66. The summed E-state index contributed by atoms with van der Waals surface area (Å²) in [6.07, 6.45) is 5.85. The van der Waals surface area contributed by atoms with Gasteiger partial charge >= 0.3 is 0 Å². The number of fused-ring (bicyclic) bond motifs is 1. The van der Waals surface area contributed by atoms with Crippen LogP contribution in [-0.2, 0) is 17.6 Å². The second-order valence-electron chi connectivity index (χ2n) is 9.11. The first-order valence-corrected chi connectivity index (χ1v) is 9.96. The third-order valence-corrected chi connectivity index (χ3v) is 5.50. The fourth-order valence-electron chi connectivity index (χ4n) is 3.66. The van der Waals surface area contributed by atoms with Gasteiger partial charge < -0.3 is 15.0 Å². The normalized spacial score (nSPS) is 17.5. The van der Waals surface area contributed by atoms with Crippen molar-refractivity contribution < 1.29 is 9.90 Å². The molecule has 0 saturated carbocycles. The molecule has 6 heteroatoms. The average Bonchev–Trinajstić information content (AvgIpc) is 3.20. The van der Waals surface area contributed by atoms with Gasteiger partial charge in [-0.25, -0.2) is 0 Å². The Hall–Kier alpha value is -2.34. The maximum Gasteiger partial charge on any atom is 0.251 e. The molecule has 6 nitrogen and oxygen atoms in total. The summed E-state index contributed by atoms with van der Waals surface area (Å²) < 4.78 is 0. The lowest BCUT2D eigenvalue weighted by Crippen LogP contribution is -2.42. The summed E-state index contributed by atoms with van der Waals surface area (Å²) in [4.78, 5) is 17.2. The Morgan fingerprint density at radius 1 is 1.43 bits per heavy atom. The highest BCUT2D eigenvalue weighted by Gasteiger charge is 2.26. The lowest BCUT2D eigenvalue weighted by atomic mass is 9.88. The molecule has 0 saturated heterocycles. The van der Waals surface area contributed by atoms with E-state index in [4.69, 9.17) is 0 Å². The van der Waals surface area contributed by atoms with Gasteiger partial charge in [0.15, 0.2) is 0 Å². The van der Waals surface area contributed by atoms with Crippen molar-refractivity contribution in [2.24, 2.45) is 5.41 Å². The molecule has 1 aliphatic rings. The van der Waals surface area contributed by atoms with Gasteiger partial charge in [-0.2, -0.15) is 5.10 Å². The molecular weight excluding hydrogens is 352 g/mol. The predicted molar refractivity (Wildman–Crippen MR) is 112 cm³/mol. The van der Waals surface area contributed by atoms with E-state index in [9.17, 15) is 9.90 Å². The van der Waals surface area contributed by atoms with Crippen LogP contribution in [-0.4, -0.2) is 50.3 Å². The minimum Gasteiger partial charge on any atom is -0.384 e. The number of aromatic amines is 2. The SMILES string of the molecule is Cc1[nH]nc(-c2cc3c([nH]2)CC(N(C)C(=O)C(C)O)C=C3)c1CCC(C)(C)C. The summed E-state index contributed by atoms with van der Waals surface area (Å²) in [7, 11) is 1.74. The molecule has 2 heterocycles. The average molecular weight is 385 g/mol. The number of amides is 1. The first kappa shape index (κ1) is 20.4. The number of aliphatic hydroxyl groups is 1. The van der Waals surface area contributed by atoms with Crippen LogP contribution < -0.4 is 0 Å². The lowest BCUT2D eigenvalue weighted by Gasteiger charge is -2.28. The van der Waals surface area contributed by atoms with Crippen LogP contribution in [0, 0.1) is 12.3 Å². The highest BCUT2D eigenvalue weighted by Crippen LogP contribution is 2.31. The van der Waals surface area contributed by atoms with Crippen LogP contribution in [0.4, 0.5) is 0 Å². The van der Waals surface area contributed by atoms with Gasteiger partial charge in [0.25, 0.3) is 5.91 Å². The molecule has 0 spiro atoms. The van der Waals surface area contributed by atoms with Crippen molar-refractivity contribution >= 4 is 12.0 Å². The van der Waals surface area contributed by atoms with Crippen LogP contribution >= 0.6 is 0 Å². The van der Waals surface area contributed by atoms with E-state index in [1.165, 1.54) is 12.5 Å². The van der Waals surface area contributed by atoms with Crippen molar-refractivity contribution in [3.8, 4) is 11.4 Å². The third-order valence-electron chi connectivity index (χ3n) is 5.50. The number of likely N-dealkylation sites (N-methyl/N-ethyl adjacent to an activating group) is 1. The smallest absolute Gasteiger partial charge is 0.251 e. The zero-order chi connectivity index (χ0) is 20.6. The van der Waals surface area contributed by atoms with Gasteiger partial charge in [-0.1, -0.05) is 32.9 Å². The second-order valence-corrected chi connectivity index (χ2v) is 9.11. The summed E-state index contributed by atoms with van der Waals surface area (Å²) in [5.41, 5.74) is 6.86. The molecule has 0 aliphatic heterocycles. The molecule has 2 unspecified atom stereocenters. The highest BCUT2D eigenvalue weighted by atomic mass is 16.3. The van der Waals surface area contributed by atoms with Gasteiger partial charge in [0, 0.05) is 30.4 Å². The Kier molecular flexibility index (Phi) is 5.53. The number of carbonyl (C=O) groups is 1. The topological polar surface area (TPSA) is 85.0 Å². The van der Waals surface area contributed by atoms with Gasteiger partial charge in [-0.15, -0.1) is 0 Å². The van der Waals surface area contributed by atoms with Crippen molar-refractivity contribution in [3.05, 3.63) is 34.7 Å². The summed E-state index contributed by atoms with van der Waals surface area (Å²) in [5, 5.41) is 17.3. The number of hydrogen-bond donors (Lipinski definition) is 3. The molecule has 2 aromatic rings. The molecular formula is C22H32N4O2. The fraction of sp³-hybridized carbons (Fsp3) is 0.545. The number of H-pyrrole nitrogens is 2. The minimum atomic E-state index is -0.989. The van der Waals surface area contributed by atoms with Crippen LogP contribution in [0.5, 0.6) is 0 Å². The summed E-state index contributed by atoms with van der Waals surface area (Å²) in [5.74, 6) is -0.266. The van der Waals surface area contributed by atoms with Crippen LogP contribution in [0.1, 0.15) is 56.6 Å². The molecule has 0 radical (unpaired) electrons. The number of aryl methyl sites for hydroxylation is 1. The van der Waals surface area contributed by atoms with Crippen LogP contribution in [0.15, 0.2) is 12.1 Å². The molecule has 28 heavy (non-hydrogen) atoms. The summed E-state index contributed by atoms with van der Waals surface area (Å²) in [6.45, 7) is 10.3. The lowest BCUT2D eigenvalue weighted by molar-refractivity contribution is -0.139. The van der Waals surface area contributed by atoms with E-state index in [0.717, 1.165) is 41.2 Å². The van der Waals surface area contributed by atoms with E-state index in [0.29, 0.717) is 6.42 Å². The van der Waals surface area contributed by atoms with Gasteiger partial charge in [-0.3, -0.25) is 9.89 Å². The van der Waals surface area contributed by atoms with Gasteiger partial charge in [-0.05, 0) is 43.7 Å². The Morgan fingerprint density at radius 2 is 2.14 bits per heavy atom. The van der Waals surface area contributed by atoms with Crippen LogP contribution in [0.2, 0.25) is 0 Å². The number of nitrogens with zero attached hydrogens (tertiary/aromatic N) is 2. The predicted octanol–water partition coefficient (Wildman–Crippen LogP) is 3.47. The van der Waals surface area contributed by atoms with E-state index in [1.54, 1.807) is 11.9 Å². The highest BCUT2D eigenvalue weighted by molar-refractivity contribution is 5.81. The first-order chi connectivity index (χ1) is 13.1. The van der Waals surface area contributed by atoms with E-state index in [-0.39, 0.29) is 17.4 Å². The number of carbonyl (C=O) groups excluding carboxylic acids is 1. The van der Waals surface area contributed by atoms with E-state index in [2.05, 4.69) is 48.9 Å². The second kappa shape index (κ2) is 7.59. The minimum absolute atomic E-state index is 0.0672. The number of hydrogen-bond acceptors (Lipinski definition) is 3. The maximum absolute atomic E-state index is 12.1. The Balaban J connectivity index is 1.83. The Labute approximate surface area is 167 Å². The van der Waals surface area contributed by atoms with Crippen molar-refractivity contribution in [2.75, 3.05) is 7.05 Å². The van der Waals surface area contributed by atoms with Crippen molar-refractivity contribution in [1.29, 1.82) is 0 Å². The molecule has 2 aromatic heterocycles. The molecule has 0 bridgehead atoms. The molecule has 1 amide bonds. The Bertz CT molecular complexity index is 883. The van der Waals surface area contributed by atoms with Crippen molar-refractivity contribution in [1.82, 2.24) is 20.1 Å². The number of nitrogens with one attached hydrogen (secondary N) is 2. The maximum atomic E-state index is 12.1. The monoisotopic (exact) mass is 384 g/mol. The zero-order valence-corrected chi connectivity index (χ0v) is 17.8. The molecule has 2 atom stereocenters. The summed E-state index contributed by atoms with van der Waals surface area (Å²) >= 11 is 0. The van der Waals surface area contributed by atoms with Gasteiger partial charge in [0.2, 0.25) is 0 Å². The van der Waals surface area contributed by atoms with E-state index in [1.807, 2.05) is 12.2 Å². The largest absolute Gasteiger partial charge is 0.384 e. The van der Waals surface area contributed by atoms with Gasteiger partial charge in [0.1, 0.15) is 11.8 Å². The molecule has 152 valence electrons. The number of rotatable bonds is 5. The summed E-state index contributed by atoms with van der Waals surface area (Å²) in [6, 6.07) is 2.07. The van der Waals surface area contributed by atoms with Crippen LogP contribution in [0.25, 0.3) is 17.5 Å². The van der Waals surface area contributed by atoms with Crippen molar-refractivity contribution in [3.63, 3.8) is 0 Å². The standard InChI is InChI=1S/C22H32N4O2/c1-13-17(9-10-22(3,4)5)20(25-24-13)19-11-15-7-8-16(12-18(15)23-19)26(6)21(28)14(2)27/h7-8,11,14,16,23,27H,9-10,12H2,1-6H3,(H,24,25). The number of aromatic nitrogens is 3. The van der Waals surface area contributed by atoms with E-state index < -0.39 is 6.10 Å². The van der Waals surface area contributed by atoms with Crippen molar-refractivity contribution in [2.45, 2.75) is 66.0 Å². The zero-order valence-electron chi connectivity index (χ0n) is 17.8. The molecule has 0 fully saturated rings. The third kappa shape index (κ3) is 4.22. The Morgan fingerprint density at radius 3 is 2.79 bits per heavy atom.